The monoisotopic (exact) mass is 227 g/mol. The molecule has 0 saturated carbocycles. The number of hydrogen-bond donors (Lipinski definition) is 0. The van der Waals surface area contributed by atoms with Gasteiger partial charge in [-0.05, 0) is 13.8 Å². The van der Waals surface area contributed by atoms with Gasteiger partial charge < -0.3 is 9.64 Å². The molecule has 4 nitrogen and oxygen atoms in total. The van der Waals surface area contributed by atoms with Crippen LogP contribution in [0.1, 0.15) is 13.8 Å². The summed E-state index contributed by atoms with van der Waals surface area (Å²) in [6.07, 6.45) is 3.67. The Labute approximate surface area is 94.2 Å². The molecule has 2 atom stereocenters. The molecule has 0 radical (unpaired) electrons. The Hall–Kier alpha value is -0.870. The van der Waals surface area contributed by atoms with Gasteiger partial charge in [0.2, 0.25) is 5.95 Å². The van der Waals surface area contributed by atoms with Crippen LogP contribution in [0, 0.1) is 0 Å². The summed E-state index contributed by atoms with van der Waals surface area (Å²) in [5, 5.41) is 0.563. The van der Waals surface area contributed by atoms with E-state index in [9.17, 15) is 0 Å². The van der Waals surface area contributed by atoms with Gasteiger partial charge >= 0.3 is 0 Å². The molecule has 0 bridgehead atoms. The Morgan fingerprint density at radius 3 is 2.33 bits per heavy atom. The summed E-state index contributed by atoms with van der Waals surface area (Å²) in [6, 6.07) is 0. The molecule has 5 heteroatoms. The first kappa shape index (κ1) is 10.6. The van der Waals surface area contributed by atoms with E-state index in [1.54, 1.807) is 12.4 Å². The molecule has 1 saturated heterocycles. The van der Waals surface area contributed by atoms with Gasteiger partial charge in [-0.2, -0.15) is 0 Å². The standard InChI is InChI=1S/C10H14ClN3O/c1-7-5-14(6-8(2)15-7)10-12-3-9(11)4-13-10/h3-4,7-8H,5-6H2,1-2H3. The van der Waals surface area contributed by atoms with Crippen LogP contribution in [0.4, 0.5) is 5.95 Å². The van der Waals surface area contributed by atoms with E-state index < -0.39 is 0 Å². The van der Waals surface area contributed by atoms with Crippen molar-refractivity contribution in [3.8, 4) is 0 Å². The van der Waals surface area contributed by atoms with Gasteiger partial charge in [0.25, 0.3) is 0 Å². The van der Waals surface area contributed by atoms with Gasteiger partial charge in [-0.25, -0.2) is 9.97 Å². The summed E-state index contributed by atoms with van der Waals surface area (Å²) in [5.74, 6) is 0.724. The molecule has 1 aromatic rings. The van der Waals surface area contributed by atoms with Crippen molar-refractivity contribution in [3.63, 3.8) is 0 Å². The van der Waals surface area contributed by atoms with Crippen molar-refractivity contribution in [2.24, 2.45) is 0 Å². The summed E-state index contributed by atoms with van der Waals surface area (Å²) in [6.45, 7) is 5.76. The molecule has 2 rings (SSSR count). The molecular formula is C10H14ClN3O. The fourth-order valence-electron chi connectivity index (χ4n) is 1.81. The Bertz CT molecular complexity index is 320. The SMILES string of the molecule is CC1CN(c2ncc(Cl)cn2)CC(C)O1. The van der Waals surface area contributed by atoms with E-state index in [0.29, 0.717) is 5.02 Å². The third kappa shape index (κ3) is 2.58. The summed E-state index contributed by atoms with van der Waals surface area (Å²) in [4.78, 5) is 10.5. The minimum atomic E-state index is 0.216. The van der Waals surface area contributed by atoms with Crippen LogP contribution in [0.15, 0.2) is 12.4 Å². The molecule has 0 aromatic carbocycles. The minimum Gasteiger partial charge on any atom is -0.372 e. The number of anilines is 1. The van der Waals surface area contributed by atoms with Gasteiger partial charge in [-0.3, -0.25) is 0 Å². The first-order valence-corrected chi connectivity index (χ1v) is 5.41. The second-order valence-electron chi connectivity index (χ2n) is 3.86. The highest BCUT2D eigenvalue weighted by atomic mass is 35.5. The van der Waals surface area contributed by atoms with Gasteiger partial charge in [0, 0.05) is 13.1 Å². The largest absolute Gasteiger partial charge is 0.372 e. The van der Waals surface area contributed by atoms with Crippen molar-refractivity contribution < 1.29 is 4.74 Å². The maximum absolute atomic E-state index is 5.74. The molecule has 1 fully saturated rings. The lowest BCUT2D eigenvalue weighted by Crippen LogP contribution is -2.46. The van der Waals surface area contributed by atoms with Crippen LogP contribution in [0.3, 0.4) is 0 Å². The number of hydrogen-bond acceptors (Lipinski definition) is 4. The molecule has 0 aliphatic carbocycles. The lowest BCUT2D eigenvalue weighted by Gasteiger charge is -2.35. The van der Waals surface area contributed by atoms with Crippen LogP contribution in [-0.2, 0) is 4.74 Å². The minimum absolute atomic E-state index is 0.216. The van der Waals surface area contributed by atoms with E-state index in [1.807, 2.05) is 0 Å². The highest BCUT2D eigenvalue weighted by molar-refractivity contribution is 6.30. The quantitative estimate of drug-likeness (QED) is 0.733. The smallest absolute Gasteiger partial charge is 0.225 e. The van der Waals surface area contributed by atoms with Crippen LogP contribution in [0.2, 0.25) is 5.02 Å². The maximum atomic E-state index is 5.74. The fraction of sp³-hybridized carbons (Fsp3) is 0.600. The average Bonchev–Trinajstić information content (AvgIpc) is 2.17. The van der Waals surface area contributed by atoms with E-state index in [1.165, 1.54) is 0 Å². The zero-order valence-electron chi connectivity index (χ0n) is 8.85. The van der Waals surface area contributed by atoms with Crippen molar-refractivity contribution in [3.05, 3.63) is 17.4 Å². The number of ether oxygens (including phenoxy) is 1. The van der Waals surface area contributed by atoms with Gasteiger partial charge in [0.1, 0.15) is 0 Å². The summed E-state index contributed by atoms with van der Waals surface area (Å²) < 4.78 is 5.64. The van der Waals surface area contributed by atoms with E-state index in [-0.39, 0.29) is 12.2 Å². The highest BCUT2D eigenvalue weighted by Gasteiger charge is 2.23. The number of morpholine rings is 1. The molecule has 0 amide bonds. The van der Waals surface area contributed by atoms with Crippen molar-refractivity contribution >= 4 is 17.5 Å². The second-order valence-corrected chi connectivity index (χ2v) is 4.30. The van der Waals surface area contributed by atoms with E-state index in [2.05, 4.69) is 28.7 Å². The molecule has 1 aliphatic heterocycles. The van der Waals surface area contributed by atoms with E-state index in [4.69, 9.17) is 16.3 Å². The highest BCUT2D eigenvalue weighted by Crippen LogP contribution is 2.16. The lowest BCUT2D eigenvalue weighted by molar-refractivity contribution is -0.00571. The number of rotatable bonds is 1. The number of nitrogens with zero attached hydrogens (tertiary/aromatic N) is 3. The van der Waals surface area contributed by atoms with Crippen LogP contribution >= 0.6 is 11.6 Å². The van der Waals surface area contributed by atoms with Crippen molar-refractivity contribution in [1.82, 2.24) is 9.97 Å². The Morgan fingerprint density at radius 1 is 1.27 bits per heavy atom. The molecule has 0 N–H and O–H groups in total. The van der Waals surface area contributed by atoms with Crippen LogP contribution in [0.25, 0.3) is 0 Å². The Morgan fingerprint density at radius 2 is 1.80 bits per heavy atom. The normalized spacial score (nSPS) is 26.7. The summed E-state index contributed by atoms with van der Waals surface area (Å²) in [7, 11) is 0. The zero-order chi connectivity index (χ0) is 10.8. The van der Waals surface area contributed by atoms with E-state index >= 15 is 0 Å². The van der Waals surface area contributed by atoms with Crippen molar-refractivity contribution in [2.45, 2.75) is 26.1 Å². The third-order valence-electron chi connectivity index (χ3n) is 2.31. The predicted molar refractivity (Wildman–Crippen MR) is 59.3 cm³/mol. The molecular weight excluding hydrogens is 214 g/mol. The lowest BCUT2D eigenvalue weighted by atomic mass is 10.2. The van der Waals surface area contributed by atoms with E-state index in [0.717, 1.165) is 19.0 Å². The van der Waals surface area contributed by atoms with Crippen LogP contribution in [0.5, 0.6) is 0 Å². The number of halogens is 1. The van der Waals surface area contributed by atoms with Crippen LogP contribution in [-0.4, -0.2) is 35.3 Å². The van der Waals surface area contributed by atoms with Gasteiger partial charge in [0.05, 0.1) is 29.6 Å². The molecule has 1 aliphatic rings. The molecule has 82 valence electrons. The fourth-order valence-corrected chi connectivity index (χ4v) is 1.91. The zero-order valence-corrected chi connectivity index (χ0v) is 9.61. The van der Waals surface area contributed by atoms with Crippen LogP contribution < -0.4 is 4.90 Å². The third-order valence-corrected chi connectivity index (χ3v) is 2.50. The van der Waals surface area contributed by atoms with Gasteiger partial charge in [0.15, 0.2) is 0 Å². The number of aromatic nitrogens is 2. The first-order valence-electron chi connectivity index (χ1n) is 5.03. The molecule has 0 spiro atoms. The molecule has 1 aromatic heterocycles. The molecule has 2 unspecified atom stereocenters. The second kappa shape index (κ2) is 4.33. The van der Waals surface area contributed by atoms with Gasteiger partial charge in [-0.15, -0.1) is 0 Å². The average molecular weight is 228 g/mol. The molecule has 2 heterocycles. The van der Waals surface area contributed by atoms with Crippen molar-refractivity contribution in [2.75, 3.05) is 18.0 Å². The van der Waals surface area contributed by atoms with Crippen molar-refractivity contribution in [1.29, 1.82) is 0 Å². The molecule has 15 heavy (non-hydrogen) atoms. The topological polar surface area (TPSA) is 38.2 Å². The maximum Gasteiger partial charge on any atom is 0.225 e. The first-order chi connectivity index (χ1) is 7.15. The Balaban J connectivity index is 2.12. The predicted octanol–water partition coefficient (Wildman–Crippen LogP) is 1.74. The Kier molecular flexibility index (Phi) is 3.07. The van der Waals surface area contributed by atoms with Gasteiger partial charge in [-0.1, -0.05) is 11.6 Å². The summed E-state index contributed by atoms with van der Waals surface area (Å²) >= 11 is 5.74. The summed E-state index contributed by atoms with van der Waals surface area (Å²) in [5.41, 5.74) is 0.